The topological polar surface area (TPSA) is 23.5 Å². The fourth-order valence-corrected chi connectivity index (χ4v) is 2.80. The van der Waals surface area contributed by atoms with E-state index in [0.717, 1.165) is 32.2 Å². The van der Waals surface area contributed by atoms with E-state index in [0.29, 0.717) is 0 Å². The first-order valence-electron chi connectivity index (χ1n) is 4.76. The summed E-state index contributed by atoms with van der Waals surface area (Å²) < 4.78 is 12.5. The van der Waals surface area contributed by atoms with E-state index < -0.39 is 0 Å². The Labute approximate surface area is 72.4 Å². The molecule has 2 unspecified atom stereocenters. The predicted octanol–water partition coefficient (Wildman–Crippen LogP) is 0.945. The van der Waals surface area contributed by atoms with Gasteiger partial charge in [-0.05, 0) is 32.2 Å². The maximum atomic E-state index is 12.5. The van der Waals surface area contributed by atoms with Gasteiger partial charge in [0, 0.05) is 11.6 Å². The molecule has 0 spiro atoms. The van der Waals surface area contributed by atoms with Gasteiger partial charge in [-0.1, -0.05) is 0 Å². The minimum Gasteiger partial charge on any atom is -0.394 e. The van der Waals surface area contributed by atoms with Gasteiger partial charge in [-0.2, -0.15) is 0 Å². The molecular formula is C9H16FNO. The van der Waals surface area contributed by atoms with E-state index in [9.17, 15) is 9.50 Å². The minimum absolute atomic E-state index is 0.0310. The van der Waals surface area contributed by atoms with E-state index in [1.807, 2.05) is 0 Å². The van der Waals surface area contributed by atoms with E-state index >= 15 is 0 Å². The van der Waals surface area contributed by atoms with Crippen LogP contribution in [0.3, 0.4) is 0 Å². The van der Waals surface area contributed by atoms with Crippen molar-refractivity contribution in [2.45, 2.75) is 37.3 Å². The molecule has 70 valence electrons. The third kappa shape index (κ3) is 0.995. The second-order valence-electron chi connectivity index (χ2n) is 4.03. The summed E-state index contributed by atoms with van der Waals surface area (Å²) in [6.45, 7) is 0.945. The van der Waals surface area contributed by atoms with Crippen molar-refractivity contribution in [2.24, 2.45) is 0 Å². The van der Waals surface area contributed by atoms with Crippen molar-refractivity contribution in [3.05, 3.63) is 0 Å². The number of hydrogen-bond donors (Lipinski definition) is 1. The van der Waals surface area contributed by atoms with Crippen molar-refractivity contribution >= 4 is 0 Å². The van der Waals surface area contributed by atoms with Crippen LogP contribution >= 0.6 is 0 Å². The molecule has 12 heavy (non-hydrogen) atoms. The number of nitrogens with zero attached hydrogens (tertiary/aromatic N) is 1. The van der Waals surface area contributed by atoms with E-state index in [1.165, 1.54) is 0 Å². The first-order chi connectivity index (χ1) is 5.82. The molecule has 2 fully saturated rings. The van der Waals surface area contributed by atoms with E-state index in [1.54, 1.807) is 0 Å². The molecule has 0 aliphatic carbocycles. The fraction of sp³-hybridized carbons (Fsp3) is 1.00. The molecular weight excluding hydrogens is 157 g/mol. The van der Waals surface area contributed by atoms with E-state index in [-0.39, 0.29) is 24.9 Å². The Kier molecular flexibility index (Phi) is 2.09. The molecule has 2 rings (SSSR count). The van der Waals surface area contributed by atoms with Crippen molar-refractivity contribution in [1.29, 1.82) is 0 Å². The lowest BCUT2D eigenvalue weighted by Gasteiger charge is -2.32. The first-order valence-corrected chi connectivity index (χ1v) is 4.76. The zero-order chi connectivity index (χ0) is 8.60. The lowest BCUT2D eigenvalue weighted by molar-refractivity contribution is 0.0708. The maximum absolute atomic E-state index is 12.5. The van der Waals surface area contributed by atoms with Crippen molar-refractivity contribution in [3.8, 4) is 0 Å². The molecule has 2 saturated heterocycles. The molecule has 2 nitrogen and oxygen atoms in total. The molecule has 0 aromatic heterocycles. The van der Waals surface area contributed by atoms with Crippen LogP contribution in [0.15, 0.2) is 0 Å². The molecule has 0 amide bonds. The highest BCUT2D eigenvalue weighted by molar-refractivity contribution is 5.03. The van der Waals surface area contributed by atoms with Gasteiger partial charge in [-0.3, -0.25) is 4.90 Å². The Hall–Kier alpha value is -0.150. The van der Waals surface area contributed by atoms with Crippen LogP contribution in [0, 0.1) is 0 Å². The highest BCUT2D eigenvalue weighted by Crippen LogP contribution is 2.41. The summed E-state index contributed by atoms with van der Waals surface area (Å²) >= 11 is 0. The maximum Gasteiger partial charge on any atom is 0.105 e. The van der Waals surface area contributed by atoms with Gasteiger partial charge in [0.15, 0.2) is 0 Å². The smallest absolute Gasteiger partial charge is 0.105 e. The SMILES string of the molecule is OCC12CCCN1C(CF)CC2. The Morgan fingerprint density at radius 2 is 2.33 bits per heavy atom. The van der Waals surface area contributed by atoms with Gasteiger partial charge in [-0.15, -0.1) is 0 Å². The fourth-order valence-electron chi connectivity index (χ4n) is 2.80. The molecule has 0 aromatic carbocycles. The summed E-state index contributed by atoms with van der Waals surface area (Å²) in [5, 5.41) is 9.28. The Balaban J connectivity index is 2.14. The van der Waals surface area contributed by atoms with Crippen LogP contribution < -0.4 is 0 Å². The van der Waals surface area contributed by atoms with Crippen molar-refractivity contribution in [1.82, 2.24) is 4.90 Å². The lowest BCUT2D eigenvalue weighted by Crippen LogP contribution is -2.45. The van der Waals surface area contributed by atoms with Gasteiger partial charge in [0.05, 0.1) is 6.61 Å². The summed E-state index contributed by atoms with van der Waals surface area (Å²) in [6.07, 6.45) is 4.09. The average Bonchev–Trinajstić information content (AvgIpc) is 2.61. The first kappa shape index (κ1) is 8.45. The number of hydrogen-bond acceptors (Lipinski definition) is 2. The average molecular weight is 173 g/mol. The van der Waals surface area contributed by atoms with Crippen LogP contribution in [-0.2, 0) is 0 Å². The monoisotopic (exact) mass is 173 g/mol. The Morgan fingerprint density at radius 3 is 3.00 bits per heavy atom. The van der Waals surface area contributed by atoms with Crippen LogP contribution in [-0.4, -0.2) is 41.4 Å². The van der Waals surface area contributed by atoms with Gasteiger partial charge in [0.25, 0.3) is 0 Å². The second kappa shape index (κ2) is 2.96. The number of aliphatic hydroxyl groups is 1. The molecule has 2 heterocycles. The number of halogens is 1. The molecule has 0 aromatic rings. The van der Waals surface area contributed by atoms with Crippen LogP contribution in [0.5, 0.6) is 0 Å². The summed E-state index contributed by atoms with van der Waals surface area (Å²) in [7, 11) is 0. The molecule has 2 aliphatic rings. The lowest BCUT2D eigenvalue weighted by atomic mass is 9.95. The molecule has 3 heteroatoms. The second-order valence-corrected chi connectivity index (χ2v) is 4.03. The predicted molar refractivity (Wildman–Crippen MR) is 44.8 cm³/mol. The molecule has 0 saturated carbocycles. The number of alkyl halides is 1. The summed E-state index contributed by atoms with van der Waals surface area (Å²) in [5.74, 6) is 0. The molecule has 2 atom stereocenters. The summed E-state index contributed by atoms with van der Waals surface area (Å²) in [5.41, 5.74) is -0.0310. The third-order valence-corrected chi connectivity index (χ3v) is 3.51. The zero-order valence-corrected chi connectivity index (χ0v) is 7.30. The summed E-state index contributed by atoms with van der Waals surface area (Å²) in [6, 6.07) is 0.0969. The minimum atomic E-state index is -0.248. The molecule has 0 bridgehead atoms. The van der Waals surface area contributed by atoms with Crippen LogP contribution in [0.4, 0.5) is 4.39 Å². The van der Waals surface area contributed by atoms with Gasteiger partial charge in [0.1, 0.15) is 6.67 Å². The van der Waals surface area contributed by atoms with Gasteiger partial charge >= 0.3 is 0 Å². The van der Waals surface area contributed by atoms with Crippen molar-refractivity contribution in [2.75, 3.05) is 19.8 Å². The number of fused-ring (bicyclic) bond motifs is 1. The zero-order valence-electron chi connectivity index (χ0n) is 7.30. The Morgan fingerprint density at radius 1 is 1.50 bits per heavy atom. The largest absolute Gasteiger partial charge is 0.394 e. The van der Waals surface area contributed by atoms with Crippen molar-refractivity contribution in [3.63, 3.8) is 0 Å². The van der Waals surface area contributed by atoms with Crippen LogP contribution in [0.25, 0.3) is 0 Å². The van der Waals surface area contributed by atoms with E-state index in [2.05, 4.69) is 4.90 Å². The number of rotatable bonds is 2. The van der Waals surface area contributed by atoms with E-state index in [4.69, 9.17) is 0 Å². The normalized spacial score (nSPS) is 42.0. The Bertz CT molecular complexity index is 176. The molecule has 0 radical (unpaired) electrons. The van der Waals surface area contributed by atoms with Gasteiger partial charge < -0.3 is 5.11 Å². The number of aliphatic hydroxyl groups excluding tert-OH is 1. The van der Waals surface area contributed by atoms with Crippen LogP contribution in [0.2, 0.25) is 0 Å². The van der Waals surface area contributed by atoms with Gasteiger partial charge in [-0.25, -0.2) is 4.39 Å². The van der Waals surface area contributed by atoms with Crippen molar-refractivity contribution < 1.29 is 9.50 Å². The third-order valence-electron chi connectivity index (χ3n) is 3.51. The highest BCUT2D eigenvalue weighted by atomic mass is 19.1. The molecule has 2 aliphatic heterocycles. The van der Waals surface area contributed by atoms with Gasteiger partial charge in [0.2, 0.25) is 0 Å². The van der Waals surface area contributed by atoms with Crippen LogP contribution in [0.1, 0.15) is 25.7 Å². The quantitative estimate of drug-likeness (QED) is 0.672. The summed E-state index contributed by atoms with van der Waals surface area (Å²) in [4.78, 5) is 2.19. The molecule has 1 N–H and O–H groups in total. The standard InChI is InChI=1S/C9H16FNO/c10-6-8-2-4-9(7-12)3-1-5-11(8)9/h8,12H,1-7H2. The highest BCUT2D eigenvalue weighted by Gasteiger charge is 2.48.